The monoisotopic (exact) mass is 368 g/mol. The van der Waals surface area contributed by atoms with Gasteiger partial charge in [-0.15, -0.1) is 0 Å². The number of likely N-dealkylation sites (N-methyl/N-ethyl adjacent to an activating group) is 1. The van der Waals surface area contributed by atoms with Crippen molar-refractivity contribution in [1.82, 2.24) is 10.2 Å². The van der Waals surface area contributed by atoms with Crippen LogP contribution in [-0.2, 0) is 27.3 Å². The second kappa shape index (κ2) is 6.09. The Morgan fingerprint density at radius 1 is 1.41 bits per heavy atom. The van der Waals surface area contributed by atoms with E-state index >= 15 is 0 Å². The van der Waals surface area contributed by atoms with Gasteiger partial charge in [0.2, 0.25) is 11.8 Å². The van der Waals surface area contributed by atoms with E-state index in [0.717, 1.165) is 30.8 Å². The number of carbonyl (C=O) groups is 2. The summed E-state index contributed by atoms with van der Waals surface area (Å²) in [5, 5.41) is 3.03. The normalized spacial score (nSPS) is 33.0. The van der Waals surface area contributed by atoms with E-state index in [4.69, 9.17) is 9.47 Å². The summed E-state index contributed by atoms with van der Waals surface area (Å²) in [6, 6.07) is 6.07. The molecule has 0 aromatic heterocycles. The topological polar surface area (TPSA) is 67.9 Å². The summed E-state index contributed by atoms with van der Waals surface area (Å²) in [5.41, 5.74) is 1.64. The third-order valence-corrected chi connectivity index (χ3v) is 6.30. The van der Waals surface area contributed by atoms with Crippen molar-refractivity contribution in [2.75, 3.05) is 19.7 Å². The minimum absolute atomic E-state index is 0.0374. The summed E-state index contributed by atoms with van der Waals surface area (Å²) in [6.45, 7) is 4.37. The Balaban J connectivity index is 1.30. The molecule has 0 aliphatic carbocycles. The predicted molar refractivity (Wildman–Crippen MR) is 98.1 cm³/mol. The third kappa shape index (κ3) is 2.50. The van der Waals surface area contributed by atoms with Crippen LogP contribution in [0.5, 0.6) is 5.75 Å². The summed E-state index contributed by atoms with van der Waals surface area (Å²) in [5.74, 6) is 0.0393. The van der Waals surface area contributed by atoms with Crippen LogP contribution in [0.3, 0.4) is 0 Å². The van der Waals surface area contributed by atoms with Gasteiger partial charge in [-0.2, -0.15) is 0 Å². The first kappa shape index (κ1) is 16.8. The van der Waals surface area contributed by atoms with Crippen LogP contribution in [0.4, 0.5) is 0 Å². The Morgan fingerprint density at radius 2 is 2.30 bits per heavy atom. The maximum atomic E-state index is 13.0. The molecule has 2 saturated heterocycles. The fourth-order valence-corrected chi connectivity index (χ4v) is 4.98. The van der Waals surface area contributed by atoms with Crippen molar-refractivity contribution in [2.45, 2.75) is 38.0 Å². The van der Waals surface area contributed by atoms with Crippen molar-refractivity contribution < 1.29 is 19.1 Å². The molecule has 4 aliphatic rings. The van der Waals surface area contributed by atoms with Crippen LogP contribution < -0.4 is 10.1 Å². The van der Waals surface area contributed by atoms with Crippen molar-refractivity contribution in [3.63, 3.8) is 0 Å². The molecule has 2 bridgehead atoms. The number of rotatable bonds is 4. The number of ether oxygens (including phenoxy) is 2. The van der Waals surface area contributed by atoms with E-state index in [1.54, 1.807) is 4.90 Å². The van der Waals surface area contributed by atoms with E-state index in [-0.39, 0.29) is 17.9 Å². The Kier molecular flexibility index (Phi) is 3.79. The van der Waals surface area contributed by atoms with Gasteiger partial charge in [0.15, 0.2) is 0 Å². The van der Waals surface area contributed by atoms with Gasteiger partial charge in [0.1, 0.15) is 11.4 Å². The zero-order valence-electron chi connectivity index (χ0n) is 15.4. The van der Waals surface area contributed by atoms with E-state index in [9.17, 15) is 9.59 Å². The van der Waals surface area contributed by atoms with E-state index in [2.05, 4.69) is 11.4 Å². The second-order valence-electron chi connectivity index (χ2n) is 7.86. The lowest BCUT2D eigenvalue weighted by Crippen LogP contribution is -2.43. The summed E-state index contributed by atoms with van der Waals surface area (Å²) in [6.07, 6.45) is 5.67. The zero-order valence-corrected chi connectivity index (χ0v) is 15.4. The van der Waals surface area contributed by atoms with Gasteiger partial charge in [-0.1, -0.05) is 24.3 Å². The molecule has 4 atom stereocenters. The van der Waals surface area contributed by atoms with Gasteiger partial charge in [-0.3, -0.25) is 9.59 Å². The largest absolute Gasteiger partial charge is 0.493 e. The molecule has 6 nitrogen and oxygen atoms in total. The molecule has 4 aliphatic heterocycles. The summed E-state index contributed by atoms with van der Waals surface area (Å²) < 4.78 is 11.7. The molecular formula is C21H24N2O4. The van der Waals surface area contributed by atoms with Crippen LogP contribution in [-0.4, -0.2) is 48.1 Å². The number of hydrogen-bond donors (Lipinski definition) is 1. The van der Waals surface area contributed by atoms with Gasteiger partial charge in [-0.05, 0) is 37.0 Å². The van der Waals surface area contributed by atoms with Crippen LogP contribution in [0.25, 0.3) is 0 Å². The van der Waals surface area contributed by atoms with Crippen molar-refractivity contribution in [1.29, 1.82) is 0 Å². The SMILES string of the molecule is CCN1C[C@@]23C=C[C@@H](O2)[C@@H](C(=O)NCc2ccc4c(c2)CCCO4)[C@H]3C1=O. The minimum atomic E-state index is -0.608. The van der Waals surface area contributed by atoms with Gasteiger partial charge in [-0.25, -0.2) is 0 Å². The number of aryl methyl sites for hydroxylation is 1. The standard InChI is InChI=1S/C21H24N2O4/c1-2-23-12-21-8-7-16(27-21)17(18(21)20(23)25)19(24)22-11-13-5-6-15-14(10-13)4-3-9-26-15/h5-8,10,16-18H,2-4,9,11-12H2,1H3,(H,22,24)/t16-,17-,18+,21-/m1/s1. The van der Waals surface area contributed by atoms with E-state index in [0.29, 0.717) is 19.6 Å². The Labute approximate surface area is 158 Å². The molecule has 4 heterocycles. The van der Waals surface area contributed by atoms with Crippen LogP contribution >= 0.6 is 0 Å². The van der Waals surface area contributed by atoms with Gasteiger partial charge in [0.05, 0.1) is 31.1 Å². The number of carbonyl (C=O) groups excluding carboxylic acids is 2. The molecule has 142 valence electrons. The van der Waals surface area contributed by atoms with Crippen LogP contribution in [0.1, 0.15) is 24.5 Å². The average Bonchev–Trinajstić information content (AvgIpc) is 3.34. The van der Waals surface area contributed by atoms with Crippen molar-refractivity contribution in [2.24, 2.45) is 11.8 Å². The highest BCUT2D eigenvalue weighted by Crippen LogP contribution is 2.51. The maximum absolute atomic E-state index is 13.0. The maximum Gasteiger partial charge on any atom is 0.230 e. The number of likely N-dealkylation sites (tertiary alicyclic amines) is 1. The number of benzene rings is 1. The molecule has 1 aromatic carbocycles. The Hall–Kier alpha value is -2.34. The van der Waals surface area contributed by atoms with Gasteiger partial charge < -0.3 is 19.7 Å². The van der Waals surface area contributed by atoms with Crippen LogP contribution in [0.15, 0.2) is 30.4 Å². The van der Waals surface area contributed by atoms with E-state index in [1.807, 2.05) is 31.2 Å². The van der Waals surface area contributed by atoms with Crippen LogP contribution in [0, 0.1) is 11.8 Å². The Bertz CT molecular complexity index is 835. The zero-order chi connectivity index (χ0) is 18.6. The van der Waals surface area contributed by atoms with Gasteiger partial charge >= 0.3 is 0 Å². The molecule has 0 radical (unpaired) electrons. The van der Waals surface area contributed by atoms with Crippen molar-refractivity contribution in [3.8, 4) is 5.75 Å². The predicted octanol–water partition coefficient (Wildman–Crippen LogP) is 1.43. The fraction of sp³-hybridized carbons (Fsp3) is 0.524. The molecule has 2 fully saturated rings. The molecule has 5 rings (SSSR count). The quantitative estimate of drug-likeness (QED) is 0.817. The highest BCUT2D eigenvalue weighted by Gasteiger charge is 2.66. The highest BCUT2D eigenvalue weighted by molar-refractivity contribution is 5.93. The molecule has 0 unspecified atom stereocenters. The number of fused-ring (bicyclic) bond motifs is 2. The molecule has 1 N–H and O–H groups in total. The lowest BCUT2D eigenvalue weighted by molar-refractivity contribution is -0.137. The van der Waals surface area contributed by atoms with E-state index in [1.165, 1.54) is 5.56 Å². The average molecular weight is 368 g/mol. The summed E-state index contributed by atoms with van der Waals surface area (Å²) >= 11 is 0. The molecule has 27 heavy (non-hydrogen) atoms. The second-order valence-corrected chi connectivity index (χ2v) is 7.86. The van der Waals surface area contributed by atoms with E-state index < -0.39 is 17.4 Å². The number of amides is 2. The first-order chi connectivity index (χ1) is 13.1. The number of nitrogens with zero attached hydrogens (tertiary/aromatic N) is 1. The highest BCUT2D eigenvalue weighted by atomic mass is 16.5. The smallest absolute Gasteiger partial charge is 0.230 e. The van der Waals surface area contributed by atoms with Crippen molar-refractivity contribution >= 4 is 11.8 Å². The Morgan fingerprint density at radius 3 is 3.15 bits per heavy atom. The number of nitrogens with one attached hydrogen (secondary N) is 1. The molecule has 1 aromatic rings. The molecule has 0 saturated carbocycles. The molecule has 6 heteroatoms. The first-order valence-electron chi connectivity index (χ1n) is 9.79. The molecule has 1 spiro atoms. The summed E-state index contributed by atoms with van der Waals surface area (Å²) in [4.78, 5) is 27.5. The first-order valence-corrected chi connectivity index (χ1v) is 9.79. The summed E-state index contributed by atoms with van der Waals surface area (Å²) in [7, 11) is 0. The third-order valence-electron chi connectivity index (χ3n) is 6.30. The van der Waals surface area contributed by atoms with Crippen LogP contribution in [0.2, 0.25) is 0 Å². The van der Waals surface area contributed by atoms with Gasteiger partial charge in [0, 0.05) is 13.1 Å². The fourth-order valence-electron chi connectivity index (χ4n) is 4.98. The number of hydrogen-bond acceptors (Lipinski definition) is 4. The minimum Gasteiger partial charge on any atom is -0.493 e. The lowest BCUT2D eigenvalue weighted by atomic mass is 9.77. The van der Waals surface area contributed by atoms with Gasteiger partial charge in [0.25, 0.3) is 0 Å². The molecule has 2 amide bonds. The lowest BCUT2D eigenvalue weighted by Gasteiger charge is -2.23. The molecular weight excluding hydrogens is 344 g/mol. The van der Waals surface area contributed by atoms with Crippen molar-refractivity contribution in [3.05, 3.63) is 41.5 Å².